The smallest absolute Gasteiger partial charge is 0.337 e. The van der Waals surface area contributed by atoms with E-state index in [-0.39, 0.29) is 35.8 Å². The van der Waals surface area contributed by atoms with E-state index in [4.69, 9.17) is 18.9 Å². The average molecular weight is 659 g/mol. The first-order chi connectivity index (χ1) is 22.7. The maximum absolute atomic E-state index is 12.4. The highest BCUT2D eigenvalue weighted by molar-refractivity contribution is 5.75. The molecule has 2 aromatic rings. The van der Waals surface area contributed by atoms with Crippen molar-refractivity contribution in [3.05, 3.63) is 68.8 Å². The first-order valence-electron chi connectivity index (χ1n) is 16.4. The van der Waals surface area contributed by atoms with Gasteiger partial charge in [0, 0.05) is 30.7 Å². The van der Waals surface area contributed by atoms with Crippen molar-refractivity contribution in [1.29, 1.82) is 0 Å². The fourth-order valence-corrected chi connectivity index (χ4v) is 4.82. The summed E-state index contributed by atoms with van der Waals surface area (Å²) in [6.07, 6.45) is 13.7. The van der Waals surface area contributed by atoms with Gasteiger partial charge in [0.2, 0.25) is 0 Å². The van der Waals surface area contributed by atoms with Crippen LogP contribution in [0.5, 0.6) is 11.5 Å². The summed E-state index contributed by atoms with van der Waals surface area (Å²) in [5, 5.41) is 21.4. The summed E-state index contributed by atoms with van der Waals surface area (Å²) in [6, 6.07) is 10.5. The molecule has 1 atom stereocenters. The number of non-ortho nitro benzene ring substituents is 2. The highest BCUT2D eigenvalue weighted by Crippen LogP contribution is 2.20. The van der Waals surface area contributed by atoms with E-state index < -0.39 is 28.4 Å². The largest absolute Gasteiger partial charge is 0.461 e. The van der Waals surface area contributed by atoms with Gasteiger partial charge in [-0.2, -0.15) is 0 Å². The third kappa shape index (κ3) is 17.8. The molecule has 0 bridgehead atoms. The summed E-state index contributed by atoms with van der Waals surface area (Å²) in [5.41, 5.74) is -0.178. The zero-order chi connectivity index (χ0) is 34.3. The van der Waals surface area contributed by atoms with Gasteiger partial charge >= 0.3 is 17.9 Å². The van der Waals surface area contributed by atoms with Gasteiger partial charge in [0.05, 0.1) is 9.85 Å². The Morgan fingerprint density at radius 3 is 1.51 bits per heavy atom. The van der Waals surface area contributed by atoms with Crippen molar-refractivity contribution in [2.75, 3.05) is 13.2 Å². The molecule has 0 amide bonds. The maximum Gasteiger partial charge on any atom is 0.337 e. The van der Waals surface area contributed by atoms with E-state index >= 15 is 0 Å². The van der Waals surface area contributed by atoms with Gasteiger partial charge in [0.15, 0.2) is 0 Å². The number of esters is 3. The monoisotopic (exact) mass is 658 g/mol. The lowest BCUT2D eigenvalue weighted by Gasteiger charge is -2.18. The number of hydrogen-bond acceptors (Lipinski definition) is 11. The second-order valence-corrected chi connectivity index (χ2v) is 11.3. The van der Waals surface area contributed by atoms with Crippen molar-refractivity contribution in [1.82, 2.24) is 0 Å². The summed E-state index contributed by atoms with van der Waals surface area (Å²) >= 11 is 0. The molecule has 0 saturated carbocycles. The van der Waals surface area contributed by atoms with E-state index in [1.54, 1.807) is 0 Å². The number of nitrogens with zero attached hydrogens (tertiary/aromatic N) is 2. The van der Waals surface area contributed by atoms with Crippen LogP contribution in [-0.2, 0) is 23.9 Å². The van der Waals surface area contributed by atoms with Gasteiger partial charge < -0.3 is 18.9 Å². The molecular formula is C34H46N2O11. The Bertz CT molecular complexity index is 1250. The van der Waals surface area contributed by atoms with Crippen LogP contribution >= 0.6 is 0 Å². The molecule has 0 aliphatic rings. The summed E-state index contributed by atoms with van der Waals surface area (Å²) in [4.78, 5) is 56.7. The highest BCUT2D eigenvalue weighted by Gasteiger charge is 2.16. The van der Waals surface area contributed by atoms with Gasteiger partial charge in [-0.1, -0.05) is 64.7 Å². The Balaban J connectivity index is 1.56. The number of ether oxygens (including phenoxy) is 4. The van der Waals surface area contributed by atoms with Crippen LogP contribution in [0.1, 0.15) is 103 Å². The lowest BCUT2D eigenvalue weighted by molar-refractivity contribution is -0.385. The Kier molecular flexibility index (Phi) is 19.0. The Labute approximate surface area is 275 Å². The van der Waals surface area contributed by atoms with Gasteiger partial charge in [0.25, 0.3) is 11.4 Å². The van der Waals surface area contributed by atoms with E-state index in [0.29, 0.717) is 12.2 Å². The SMILES string of the molecule is CCCCCC[C@H](CCCCCCCCCCC(=O)Oc1ccc([N+](=O)[O-])cc1)OC(=O)COCC(=O)Oc1ccc([N+](=O)[O-])cc1. The Morgan fingerprint density at radius 1 is 0.596 bits per heavy atom. The minimum Gasteiger partial charge on any atom is -0.461 e. The molecule has 0 unspecified atom stereocenters. The minimum absolute atomic E-state index is 0.0556. The van der Waals surface area contributed by atoms with Gasteiger partial charge in [-0.05, 0) is 56.4 Å². The summed E-state index contributed by atoms with van der Waals surface area (Å²) in [6.45, 7) is 1.30. The van der Waals surface area contributed by atoms with Crippen molar-refractivity contribution in [2.24, 2.45) is 0 Å². The molecule has 2 rings (SSSR count). The van der Waals surface area contributed by atoms with Crippen LogP contribution in [0, 0.1) is 20.2 Å². The molecule has 13 nitrogen and oxygen atoms in total. The van der Waals surface area contributed by atoms with E-state index in [9.17, 15) is 34.6 Å². The van der Waals surface area contributed by atoms with Crippen molar-refractivity contribution in [3.63, 3.8) is 0 Å². The summed E-state index contributed by atoms with van der Waals surface area (Å²) in [5.74, 6) is -1.18. The average Bonchev–Trinajstić information content (AvgIpc) is 3.04. The fraction of sp³-hybridized carbons (Fsp3) is 0.559. The zero-order valence-electron chi connectivity index (χ0n) is 27.1. The molecular weight excluding hydrogens is 612 g/mol. The van der Waals surface area contributed by atoms with Gasteiger partial charge in [-0.15, -0.1) is 0 Å². The summed E-state index contributed by atoms with van der Waals surface area (Å²) < 4.78 is 21.1. The van der Waals surface area contributed by atoms with Crippen molar-refractivity contribution >= 4 is 29.3 Å². The van der Waals surface area contributed by atoms with Gasteiger partial charge in [-0.25, -0.2) is 9.59 Å². The third-order valence-electron chi connectivity index (χ3n) is 7.33. The molecule has 2 aromatic carbocycles. The molecule has 0 aromatic heterocycles. The number of nitro benzene ring substituents is 2. The van der Waals surface area contributed by atoms with Crippen LogP contribution in [0.25, 0.3) is 0 Å². The molecule has 258 valence electrons. The van der Waals surface area contributed by atoms with Crippen molar-refractivity contribution in [3.8, 4) is 11.5 Å². The van der Waals surface area contributed by atoms with E-state index in [1.165, 1.54) is 48.5 Å². The fourth-order valence-electron chi connectivity index (χ4n) is 4.82. The van der Waals surface area contributed by atoms with Crippen LogP contribution in [0.15, 0.2) is 48.5 Å². The molecule has 0 spiro atoms. The molecule has 0 radical (unpaired) electrons. The third-order valence-corrected chi connectivity index (χ3v) is 7.33. The molecule has 13 heteroatoms. The lowest BCUT2D eigenvalue weighted by Crippen LogP contribution is -2.24. The van der Waals surface area contributed by atoms with E-state index in [0.717, 1.165) is 89.9 Å². The maximum atomic E-state index is 12.4. The van der Waals surface area contributed by atoms with Gasteiger partial charge in [-0.3, -0.25) is 25.0 Å². The van der Waals surface area contributed by atoms with E-state index in [1.807, 2.05) is 0 Å². The number of nitro groups is 2. The first kappa shape index (κ1) is 38.8. The molecule has 0 saturated heterocycles. The second kappa shape index (κ2) is 23.0. The predicted molar refractivity (Wildman–Crippen MR) is 173 cm³/mol. The molecule has 0 aliphatic heterocycles. The van der Waals surface area contributed by atoms with Crippen molar-refractivity contribution < 1.29 is 43.2 Å². The van der Waals surface area contributed by atoms with Crippen LogP contribution in [0.2, 0.25) is 0 Å². The quantitative estimate of drug-likeness (QED) is 0.0334. The van der Waals surface area contributed by atoms with Crippen LogP contribution in [0.4, 0.5) is 11.4 Å². The zero-order valence-corrected chi connectivity index (χ0v) is 27.1. The molecule has 0 fully saturated rings. The molecule has 0 aliphatic carbocycles. The second-order valence-electron chi connectivity index (χ2n) is 11.3. The van der Waals surface area contributed by atoms with Crippen LogP contribution in [-0.4, -0.2) is 47.1 Å². The molecule has 0 heterocycles. The predicted octanol–water partition coefficient (Wildman–Crippen LogP) is 7.81. The van der Waals surface area contributed by atoms with E-state index in [2.05, 4.69) is 6.92 Å². The number of carbonyl (C=O) groups is 3. The Hall–Kier alpha value is -4.39. The topological polar surface area (TPSA) is 174 Å². The number of benzene rings is 2. The van der Waals surface area contributed by atoms with Gasteiger partial charge in [0.1, 0.15) is 30.8 Å². The van der Waals surface area contributed by atoms with Crippen molar-refractivity contribution in [2.45, 2.75) is 109 Å². The standard InChI is InChI=1S/C34H46N2O11/c1-2-3-4-11-14-29(46-33(38)25-44-26-34(39)47-31-23-19-28(20-24-31)36(42)43)15-12-9-7-5-6-8-10-13-16-32(37)45-30-21-17-27(18-22-30)35(40)41/h17-24,29H,2-16,25-26H2,1H3/t29-/m1/s1. The Morgan fingerprint density at radius 2 is 1.02 bits per heavy atom. The normalized spacial score (nSPS) is 11.4. The molecule has 0 N–H and O–H groups in total. The number of carbonyl (C=O) groups excluding carboxylic acids is 3. The number of rotatable bonds is 25. The highest BCUT2D eigenvalue weighted by atomic mass is 16.6. The van der Waals surface area contributed by atoms with Crippen LogP contribution in [0.3, 0.4) is 0 Å². The number of hydrogen-bond donors (Lipinski definition) is 0. The number of unbranched alkanes of at least 4 members (excludes halogenated alkanes) is 10. The first-order valence-corrected chi connectivity index (χ1v) is 16.4. The minimum atomic E-state index is -0.732. The lowest BCUT2D eigenvalue weighted by atomic mass is 10.0. The molecule has 47 heavy (non-hydrogen) atoms. The van der Waals surface area contributed by atoms with Crippen LogP contribution < -0.4 is 9.47 Å². The summed E-state index contributed by atoms with van der Waals surface area (Å²) in [7, 11) is 0.